The van der Waals surface area contributed by atoms with Crippen molar-refractivity contribution in [2.75, 3.05) is 77.0 Å². The van der Waals surface area contributed by atoms with Gasteiger partial charge in [-0.3, -0.25) is 9.59 Å². The fraction of sp³-hybridized carbons (Fsp3) is 0.714. The number of amides is 2. The number of hydrogen-bond acceptors (Lipinski definition) is 7. The Morgan fingerprint density at radius 1 is 0.967 bits per heavy atom. The molecule has 3 saturated heterocycles. The van der Waals surface area contributed by atoms with Crippen LogP contribution in [0.3, 0.4) is 0 Å². The van der Waals surface area contributed by atoms with Crippen LogP contribution in [0, 0.1) is 5.92 Å². The number of nitrogens with zero attached hydrogens (tertiary/aromatic N) is 6. The number of carbonyl (C=O) groups is 2. The maximum absolute atomic E-state index is 12.8. The van der Waals surface area contributed by atoms with Gasteiger partial charge in [0, 0.05) is 71.2 Å². The minimum Gasteiger partial charge on any atom is -0.378 e. The quantitative estimate of drug-likeness (QED) is 0.673. The third kappa shape index (κ3) is 5.26. The summed E-state index contributed by atoms with van der Waals surface area (Å²) in [6, 6.07) is 1.81. The van der Waals surface area contributed by atoms with E-state index in [1.165, 1.54) is 0 Å². The van der Waals surface area contributed by atoms with E-state index < -0.39 is 0 Å². The lowest BCUT2D eigenvalue weighted by molar-refractivity contribution is -0.141. The van der Waals surface area contributed by atoms with Crippen molar-refractivity contribution in [3.8, 4) is 0 Å². The summed E-state index contributed by atoms with van der Waals surface area (Å²) >= 11 is 0. The standard InChI is InChI=1S/C21H32N6O3/c28-19(25-9-11-27(12-10-25)21-22-5-2-6-23-21)4-8-24-7-1-3-18(17-24)20(29)26-13-15-30-16-14-26/h2,5-6,18H,1,3-4,7-17H2. The first-order valence-corrected chi connectivity index (χ1v) is 11.1. The smallest absolute Gasteiger partial charge is 0.227 e. The van der Waals surface area contributed by atoms with Gasteiger partial charge in [-0.25, -0.2) is 9.97 Å². The van der Waals surface area contributed by atoms with Crippen molar-refractivity contribution in [1.29, 1.82) is 0 Å². The van der Waals surface area contributed by atoms with Crippen molar-refractivity contribution >= 4 is 17.8 Å². The van der Waals surface area contributed by atoms with E-state index in [9.17, 15) is 9.59 Å². The molecule has 9 heteroatoms. The fourth-order valence-corrected chi connectivity index (χ4v) is 4.52. The van der Waals surface area contributed by atoms with Crippen molar-refractivity contribution in [2.24, 2.45) is 5.92 Å². The summed E-state index contributed by atoms with van der Waals surface area (Å²) in [6.45, 7) is 8.08. The van der Waals surface area contributed by atoms with Crippen LogP contribution in [0.25, 0.3) is 0 Å². The van der Waals surface area contributed by atoms with Crippen LogP contribution in [0.4, 0.5) is 5.95 Å². The molecule has 3 aliphatic heterocycles. The molecule has 30 heavy (non-hydrogen) atoms. The molecule has 1 aromatic heterocycles. The molecule has 0 aliphatic carbocycles. The van der Waals surface area contributed by atoms with E-state index in [4.69, 9.17) is 4.74 Å². The third-order valence-corrected chi connectivity index (χ3v) is 6.29. The van der Waals surface area contributed by atoms with Gasteiger partial charge < -0.3 is 24.3 Å². The maximum Gasteiger partial charge on any atom is 0.227 e. The molecule has 164 valence electrons. The predicted molar refractivity (Wildman–Crippen MR) is 112 cm³/mol. The summed E-state index contributed by atoms with van der Waals surface area (Å²) in [5.41, 5.74) is 0. The number of aromatic nitrogens is 2. The lowest BCUT2D eigenvalue weighted by Gasteiger charge is -2.37. The van der Waals surface area contributed by atoms with E-state index in [1.54, 1.807) is 12.4 Å². The summed E-state index contributed by atoms with van der Waals surface area (Å²) in [6.07, 6.45) is 5.97. The molecule has 0 bridgehead atoms. The minimum atomic E-state index is 0.0568. The number of morpholine rings is 1. The van der Waals surface area contributed by atoms with Gasteiger partial charge in [-0.2, -0.15) is 0 Å². The van der Waals surface area contributed by atoms with Crippen LogP contribution < -0.4 is 4.90 Å². The van der Waals surface area contributed by atoms with Crippen molar-refractivity contribution in [3.05, 3.63) is 18.5 Å². The van der Waals surface area contributed by atoms with Crippen LogP contribution in [0.15, 0.2) is 18.5 Å². The monoisotopic (exact) mass is 416 g/mol. The molecule has 0 N–H and O–H groups in total. The molecule has 4 rings (SSSR count). The van der Waals surface area contributed by atoms with Crippen LogP contribution in [-0.2, 0) is 14.3 Å². The van der Waals surface area contributed by atoms with E-state index >= 15 is 0 Å². The van der Waals surface area contributed by atoms with Gasteiger partial charge in [0.15, 0.2) is 0 Å². The Kier molecular flexibility index (Phi) is 7.11. The van der Waals surface area contributed by atoms with Gasteiger partial charge in [0.1, 0.15) is 0 Å². The molecule has 4 heterocycles. The summed E-state index contributed by atoms with van der Waals surface area (Å²) in [5, 5.41) is 0. The van der Waals surface area contributed by atoms with E-state index in [2.05, 4.69) is 19.8 Å². The highest BCUT2D eigenvalue weighted by Gasteiger charge is 2.30. The van der Waals surface area contributed by atoms with Gasteiger partial charge in [-0.05, 0) is 25.5 Å². The summed E-state index contributed by atoms with van der Waals surface area (Å²) in [4.78, 5) is 42.4. The Morgan fingerprint density at radius 2 is 1.70 bits per heavy atom. The number of piperazine rings is 1. The fourth-order valence-electron chi connectivity index (χ4n) is 4.52. The lowest BCUT2D eigenvalue weighted by Crippen LogP contribution is -2.50. The Labute approximate surface area is 178 Å². The third-order valence-electron chi connectivity index (χ3n) is 6.29. The maximum atomic E-state index is 12.8. The number of ether oxygens (including phenoxy) is 1. The van der Waals surface area contributed by atoms with Crippen LogP contribution in [0.5, 0.6) is 0 Å². The van der Waals surface area contributed by atoms with Crippen molar-refractivity contribution in [2.45, 2.75) is 19.3 Å². The molecule has 9 nitrogen and oxygen atoms in total. The molecule has 3 aliphatic rings. The summed E-state index contributed by atoms with van der Waals surface area (Å²) < 4.78 is 5.36. The topological polar surface area (TPSA) is 82.1 Å². The second kappa shape index (κ2) is 10.2. The molecule has 2 amide bonds. The molecule has 0 spiro atoms. The average molecular weight is 417 g/mol. The molecule has 3 fully saturated rings. The van der Waals surface area contributed by atoms with Crippen LogP contribution in [-0.4, -0.2) is 109 Å². The number of rotatable bonds is 5. The number of carbonyl (C=O) groups excluding carboxylic acids is 2. The van der Waals surface area contributed by atoms with E-state index in [-0.39, 0.29) is 17.7 Å². The largest absolute Gasteiger partial charge is 0.378 e. The predicted octanol–water partition coefficient (Wildman–Crippen LogP) is 0.0861. The second-order valence-corrected chi connectivity index (χ2v) is 8.24. The van der Waals surface area contributed by atoms with Crippen molar-refractivity contribution < 1.29 is 14.3 Å². The molecule has 1 unspecified atom stereocenters. The minimum absolute atomic E-state index is 0.0568. The Hall–Kier alpha value is -2.26. The number of likely N-dealkylation sites (tertiary alicyclic amines) is 1. The zero-order valence-electron chi connectivity index (χ0n) is 17.6. The van der Waals surface area contributed by atoms with Gasteiger partial charge in [0.2, 0.25) is 17.8 Å². The van der Waals surface area contributed by atoms with Gasteiger partial charge in [-0.15, -0.1) is 0 Å². The summed E-state index contributed by atoms with van der Waals surface area (Å²) in [5.74, 6) is 1.24. The number of anilines is 1. The van der Waals surface area contributed by atoms with Crippen LogP contribution in [0.2, 0.25) is 0 Å². The van der Waals surface area contributed by atoms with Crippen molar-refractivity contribution in [3.63, 3.8) is 0 Å². The van der Waals surface area contributed by atoms with Gasteiger partial charge in [0.05, 0.1) is 19.1 Å². The molecule has 0 saturated carbocycles. The Morgan fingerprint density at radius 3 is 2.43 bits per heavy atom. The summed E-state index contributed by atoms with van der Waals surface area (Å²) in [7, 11) is 0. The lowest BCUT2D eigenvalue weighted by atomic mass is 9.96. The van der Waals surface area contributed by atoms with Gasteiger partial charge in [-0.1, -0.05) is 0 Å². The Bertz CT molecular complexity index is 704. The SMILES string of the molecule is O=C(CCN1CCCC(C(=O)N2CCOCC2)C1)N1CCN(c2ncccn2)CC1. The highest BCUT2D eigenvalue weighted by atomic mass is 16.5. The molecule has 1 atom stereocenters. The Balaban J connectivity index is 1.20. The highest BCUT2D eigenvalue weighted by molar-refractivity contribution is 5.79. The first-order chi connectivity index (χ1) is 14.7. The number of piperidine rings is 1. The van der Waals surface area contributed by atoms with Gasteiger partial charge >= 0.3 is 0 Å². The van der Waals surface area contributed by atoms with Crippen LogP contribution >= 0.6 is 0 Å². The first kappa shape index (κ1) is 21.0. The molecule has 0 aromatic carbocycles. The highest BCUT2D eigenvalue weighted by Crippen LogP contribution is 2.20. The molecule has 0 radical (unpaired) electrons. The van der Waals surface area contributed by atoms with E-state index in [0.29, 0.717) is 45.8 Å². The molecular formula is C21H32N6O3. The molecule has 1 aromatic rings. The van der Waals surface area contributed by atoms with E-state index in [0.717, 1.165) is 51.5 Å². The number of hydrogen-bond donors (Lipinski definition) is 0. The van der Waals surface area contributed by atoms with Crippen LogP contribution in [0.1, 0.15) is 19.3 Å². The zero-order chi connectivity index (χ0) is 20.8. The second-order valence-electron chi connectivity index (χ2n) is 8.24. The van der Waals surface area contributed by atoms with E-state index in [1.807, 2.05) is 15.9 Å². The van der Waals surface area contributed by atoms with Gasteiger partial charge in [0.25, 0.3) is 0 Å². The van der Waals surface area contributed by atoms with Crippen molar-refractivity contribution in [1.82, 2.24) is 24.7 Å². The average Bonchev–Trinajstić information content (AvgIpc) is 2.83. The zero-order valence-corrected chi connectivity index (χ0v) is 17.6. The molecular weight excluding hydrogens is 384 g/mol. The normalized spacial score (nSPS) is 23.5. The first-order valence-electron chi connectivity index (χ1n) is 11.1.